The second-order valence-corrected chi connectivity index (χ2v) is 20.7. The molecule has 0 aromatic heterocycles. The smallest absolute Gasteiger partial charge is 2.00 e. The molecule has 0 saturated heterocycles. The monoisotopic (exact) mass is 831 g/mol. The molecule has 0 heterocycles. The minimum absolute atomic E-state index is 0. The summed E-state index contributed by atoms with van der Waals surface area (Å²) in [6.07, 6.45) is 27.5. The van der Waals surface area contributed by atoms with Crippen molar-refractivity contribution in [2.45, 2.75) is 145 Å². The van der Waals surface area contributed by atoms with E-state index in [2.05, 4.69) is 98.4 Å². The fraction of sp³-hybridized carbons (Fsp3) is 0.533. The van der Waals surface area contributed by atoms with Gasteiger partial charge in [0.2, 0.25) is 0 Å². The number of benzene rings is 3. The van der Waals surface area contributed by atoms with Crippen molar-refractivity contribution in [3.05, 3.63) is 111 Å². The van der Waals surface area contributed by atoms with Gasteiger partial charge in [-0.3, -0.25) is 0 Å². The minimum atomic E-state index is -0.770. The van der Waals surface area contributed by atoms with Crippen LogP contribution in [0.15, 0.2) is 84.9 Å². The molecule has 3 aromatic rings. The summed E-state index contributed by atoms with van der Waals surface area (Å²) in [4.78, 5) is 0. The summed E-state index contributed by atoms with van der Waals surface area (Å²) >= 11 is 3.35. The first kappa shape index (κ1) is 48.3. The normalized spacial score (nSPS) is 20.6. The maximum Gasteiger partial charge on any atom is 2.00 e. The van der Waals surface area contributed by atoms with Crippen molar-refractivity contribution >= 4 is 36.6 Å². The zero-order chi connectivity index (χ0) is 33.8. The number of nitrogens with zero attached hydrogens (tertiary/aromatic N) is 1. The number of halogens is 1. The molecule has 51 heavy (non-hydrogen) atoms. The molecule has 4 aliphatic carbocycles. The Hall–Kier alpha value is -0.687. The molecule has 0 spiro atoms. The van der Waals surface area contributed by atoms with Gasteiger partial charge in [-0.05, 0) is 102 Å². The molecule has 0 bridgehead atoms. The SMILES string of the molecule is C1CCCC1.C[C@H](C1CCCC1[PH+](C1CCCCC1)C1CCCCC1)[PH+](c1ccccc1)c1ccccc1.N#Cc1cc[c-]cc1.[CH3-].[CH3-].[Cl][Ni].[Fe+2]. The number of nitriles is 1. The van der Waals surface area contributed by atoms with E-state index in [4.69, 9.17) is 5.26 Å². The van der Waals surface area contributed by atoms with Gasteiger partial charge in [0.05, 0.1) is 47.2 Å². The Morgan fingerprint density at radius 3 is 1.43 bits per heavy atom. The van der Waals surface area contributed by atoms with E-state index in [9.17, 15) is 0 Å². The van der Waals surface area contributed by atoms with Gasteiger partial charge in [0.25, 0.3) is 0 Å². The maximum absolute atomic E-state index is 8.27. The predicted octanol–water partition coefficient (Wildman–Crippen LogP) is 13.2. The van der Waals surface area contributed by atoms with Gasteiger partial charge in [-0.15, -0.1) is 0 Å². The molecular formula is C45H66ClFeNNiP2+. The van der Waals surface area contributed by atoms with Crippen LogP contribution in [0.2, 0.25) is 0 Å². The first-order chi connectivity index (χ1) is 23.8. The van der Waals surface area contributed by atoms with E-state index >= 15 is 0 Å². The third-order valence-electron chi connectivity index (χ3n) is 11.5. The third kappa shape index (κ3) is 15.5. The molecule has 7 rings (SSSR count). The average Bonchev–Trinajstić information content (AvgIpc) is 3.92. The molecule has 0 radical (unpaired) electrons. The maximum atomic E-state index is 8.27. The molecule has 285 valence electrons. The molecule has 3 aromatic carbocycles. The molecule has 0 N–H and O–H groups in total. The Balaban J connectivity index is 0.000000605. The van der Waals surface area contributed by atoms with Gasteiger partial charge in [-0.25, -0.2) is 0 Å². The zero-order valence-electron chi connectivity index (χ0n) is 31.7. The summed E-state index contributed by atoms with van der Waals surface area (Å²) in [5.74, 6) is 0.969. The van der Waals surface area contributed by atoms with Crippen molar-refractivity contribution in [2.75, 3.05) is 0 Å². The van der Waals surface area contributed by atoms with E-state index in [1.807, 2.05) is 6.07 Å². The molecule has 4 saturated carbocycles. The quantitative estimate of drug-likeness (QED) is 0.132. The van der Waals surface area contributed by atoms with Gasteiger partial charge in [-0.2, -0.15) is 35.6 Å². The van der Waals surface area contributed by atoms with Crippen LogP contribution in [-0.2, 0) is 31.6 Å². The topological polar surface area (TPSA) is 23.8 Å². The van der Waals surface area contributed by atoms with Crippen molar-refractivity contribution in [1.29, 1.82) is 5.26 Å². The standard InChI is InChI=1S/C31H44P2.C7H4N.C5H10.2CH3.ClH.Fe.Ni/c1-25(32(26-15-6-2-7-16-26)27-17-8-3-9-18-27)30-23-14-24-31(30)33(28-19-10-4-11-20-28)29-21-12-5-13-22-29;8-6-7-4-2-1-3-5-7;1-2-4-5-3-1;;;;;/h2-3,6-9,15-18,25,28-31H,4-5,10-14,19-24H2,1H3;2-5H;1-5H2;2*1H3;1H;;/q;-1;;2*-1;;+2;+1/p+1/t25-,30?,31?;;;;;;;/m1......./s1. The Morgan fingerprint density at radius 1 is 0.627 bits per heavy atom. The molecular weight excluding hydrogens is 766 g/mol. The van der Waals surface area contributed by atoms with Crippen molar-refractivity contribution in [3.63, 3.8) is 0 Å². The van der Waals surface area contributed by atoms with Crippen LogP contribution < -0.4 is 10.6 Å². The van der Waals surface area contributed by atoms with Crippen LogP contribution >= 0.6 is 26.0 Å². The van der Waals surface area contributed by atoms with E-state index in [1.54, 1.807) is 67.0 Å². The Bertz CT molecular complexity index is 1210. The van der Waals surface area contributed by atoms with Crippen molar-refractivity contribution in [1.82, 2.24) is 0 Å². The summed E-state index contributed by atoms with van der Waals surface area (Å²) in [5.41, 5.74) is 4.87. The first-order valence-electron chi connectivity index (χ1n) is 19.1. The molecule has 6 heteroatoms. The largest absolute Gasteiger partial charge is 2.00 e. The molecule has 1 nitrogen and oxygen atoms in total. The Labute approximate surface area is 339 Å². The minimum Gasteiger partial charge on any atom is 2.00 e. The van der Waals surface area contributed by atoms with Crippen LogP contribution in [0.25, 0.3) is 0 Å². The second kappa shape index (κ2) is 28.7. The zero-order valence-corrected chi connectivity index (χ0v) is 36.5. The predicted molar refractivity (Wildman–Crippen MR) is 225 cm³/mol. The number of hydrogen-bond donors (Lipinski definition) is 0. The van der Waals surface area contributed by atoms with Crippen molar-refractivity contribution < 1.29 is 31.6 Å². The van der Waals surface area contributed by atoms with Crippen LogP contribution in [0.4, 0.5) is 0 Å². The van der Waals surface area contributed by atoms with Crippen LogP contribution in [0.5, 0.6) is 0 Å². The average molecular weight is 833 g/mol. The van der Waals surface area contributed by atoms with Crippen LogP contribution in [0.3, 0.4) is 0 Å². The van der Waals surface area contributed by atoms with Gasteiger partial charge in [0.15, 0.2) is 0 Å². The molecule has 4 fully saturated rings. The van der Waals surface area contributed by atoms with Crippen molar-refractivity contribution in [2.24, 2.45) is 5.92 Å². The van der Waals surface area contributed by atoms with Gasteiger partial charge < -0.3 is 14.9 Å². The fourth-order valence-electron chi connectivity index (χ4n) is 9.30. The summed E-state index contributed by atoms with van der Waals surface area (Å²) < 4.78 is 0. The second-order valence-electron chi connectivity index (χ2n) is 14.5. The Kier molecular flexibility index (Phi) is 27.2. The van der Waals surface area contributed by atoms with Crippen molar-refractivity contribution in [3.8, 4) is 6.07 Å². The molecule has 4 aliphatic rings. The van der Waals surface area contributed by atoms with Gasteiger partial charge in [-0.1, -0.05) is 86.9 Å². The van der Waals surface area contributed by atoms with Crippen LogP contribution in [-0.4, -0.2) is 22.6 Å². The first-order valence-corrected chi connectivity index (χ1v) is 23.8. The number of hydrogen-bond acceptors (Lipinski definition) is 1. The van der Waals surface area contributed by atoms with Gasteiger partial charge >= 0.3 is 41.8 Å². The van der Waals surface area contributed by atoms with Crippen LogP contribution in [0, 0.1) is 38.2 Å². The summed E-state index contributed by atoms with van der Waals surface area (Å²) in [7, 11) is 3.20. The molecule has 2 unspecified atom stereocenters. The third-order valence-corrected chi connectivity index (χ3v) is 19.4. The number of rotatable bonds is 7. The Morgan fingerprint density at radius 2 is 1.04 bits per heavy atom. The fourth-order valence-corrected chi connectivity index (χ4v) is 18.3. The molecule has 0 aliphatic heterocycles. The van der Waals surface area contributed by atoms with Gasteiger partial charge in [0.1, 0.15) is 0 Å². The van der Waals surface area contributed by atoms with E-state index in [0.717, 1.165) is 28.6 Å². The molecule has 3 atom stereocenters. The summed E-state index contributed by atoms with van der Waals surface area (Å²) in [5, 5.41) is 11.5. The molecule has 0 amide bonds. The van der Waals surface area contributed by atoms with Gasteiger partial charge in [0, 0.05) is 13.8 Å². The van der Waals surface area contributed by atoms with Crippen LogP contribution in [0.1, 0.15) is 128 Å². The van der Waals surface area contributed by atoms with E-state index < -0.39 is 7.92 Å². The summed E-state index contributed by atoms with van der Waals surface area (Å²) in [6.45, 7) is 2.68. The van der Waals surface area contributed by atoms with E-state index in [0.29, 0.717) is 5.56 Å². The summed E-state index contributed by atoms with van der Waals surface area (Å²) in [6, 6.07) is 35.0. The van der Waals surface area contributed by atoms with E-state index in [1.165, 1.54) is 83.5 Å². The van der Waals surface area contributed by atoms with E-state index in [-0.39, 0.29) is 39.8 Å².